The summed E-state index contributed by atoms with van der Waals surface area (Å²) in [6.45, 7) is 3.59. The van der Waals surface area contributed by atoms with Crippen LogP contribution in [-0.4, -0.2) is 54.1 Å². The lowest BCUT2D eigenvalue weighted by Gasteiger charge is -2.32. The molecule has 5 rings (SSSR count). The van der Waals surface area contributed by atoms with Crippen LogP contribution in [-0.2, 0) is 0 Å². The minimum atomic E-state index is -0.210. The van der Waals surface area contributed by atoms with E-state index in [0.717, 1.165) is 60.7 Å². The van der Waals surface area contributed by atoms with Crippen molar-refractivity contribution in [3.05, 3.63) is 71.8 Å². The maximum absolute atomic E-state index is 13.5. The van der Waals surface area contributed by atoms with Gasteiger partial charge in [-0.2, -0.15) is 0 Å². The van der Waals surface area contributed by atoms with Crippen molar-refractivity contribution in [3.8, 4) is 5.75 Å². The van der Waals surface area contributed by atoms with Crippen LogP contribution in [0.4, 0.5) is 4.39 Å². The number of carbonyl (C=O) groups excluding carboxylic acids is 1. The summed E-state index contributed by atoms with van der Waals surface area (Å²) in [5.74, 6) is 0.750. The van der Waals surface area contributed by atoms with Gasteiger partial charge in [0.1, 0.15) is 17.3 Å². The number of aromatic amines is 1. The van der Waals surface area contributed by atoms with Crippen LogP contribution in [0, 0.1) is 5.82 Å². The summed E-state index contributed by atoms with van der Waals surface area (Å²) in [6.07, 6.45) is 5.08. The highest BCUT2D eigenvalue weighted by atomic mass is 19.1. The standard InChI is InChI=1S/C27H29FN4O2/c1-34-26-16-25(31-23-6-3-2-5-21(23)26)27(33)29-11-4-12-32-13-9-18(10-14-32)22-17-30-24-15-19(28)7-8-20(22)24/h2-3,5-8,15-18,30H,4,9-14H2,1H3,(H,29,33). The maximum atomic E-state index is 13.5. The first-order chi connectivity index (χ1) is 16.6. The molecule has 2 aromatic heterocycles. The number of halogens is 1. The van der Waals surface area contributed by atoms with Crippen LogP contribution in [0.1, 0.15) is 41.2 Å². The number of nitrogens with one attached hydrogen (secondary N) is 2. The molecular weight excluding hydrogens is 431 g/mol. The van der Waals surface area contributed by atoms with E-state index in [9.17, 15) is 9.18 Å². The Balaban J connectivity index is 1.10. The first-order valence-corrected chi connectivity index (χ1v) is 11.8. The van der Waals surface area contributed by atoms with Gasteiger partial charge in [-0.3, -0.25) is 4.79 Å². The van der Waals surface area contributed by atoms with Crippen molar-refractivity contribution >= 4 is 27.7 Å². The Hall–Kier alpha value is -3.45. The monoisotopic (exact) mass is 460 g/mol. The van der Waals surface area contributed by atoms with Gasteiger partial charge in [0.05, 0.1) is 12.6 Å². The van der Waals surface area contributed by atoms with Crippen LogP contribution >= 0.6 is 0 Å². The number of likely N-dealkylation sites (tertiary alicyclic amines) is 1. The van der Waals surface area contributed by atoms with Crippen molar-refractivity contribution in [1.29, 1.82) is 0 Å². The first kappa shape index (κ1) is 22.3. The molecule has 0 aliphatic carbocycles. The van der Waals surface area contributed by atoms with E-state index in [0.29, 0.717) is 23.9 Å². The van der Waals surface area contributed by atoms with Gasteiger partial charge in [-0.1, -0.05) is 12.1 Å². The number of methoxy groups -OCH3 is 1. The lowest BCUT2D eigenvalue weighted by atomic mass is 9.89. The average Bonchev–Trinajstić information content (AvgIpc) is 3.29. The SMILES string of the molecule is COc1cc(C(=O)NCCCN2CCC(c3c[nH]c4cc(F)ccc34)CC2)nc2ccccc12. The van der Waals surface area contributed by atoms with Crippen molar-refractivity contribution < 1.29 is 13.9 Å². The fourth-order valence-electron chi connectivity index (χ4n) is 4.95. The number of ether oxygens (including phenoxy) is 1. The highest BCUT2D eigenvalue weighted by Gasteiger charge is 2.22. The third kappa shape index (κ3) is 4.61. The quantitative estimate of drug-likeness (QED) is 0.386. The van der Waals surface area contributed by atoms with Gasteiger partial charge in [0, 0.05) is 35.1 Å². The molecule has 176 valence electrons. The first-order valence-electron chi connectivity index (χ1n) is 11.8. The summed E-state index contributed by atoms with van der Waals surface area (Å²) in [6, 6.07) is 14.3. The second-order valence-corrected chi connectivity index (χ2v) is 8.89. The second kappa shape index (κ2) is 9.81. The fourth-order valence-corrected chi connectivity index (χ4v) is 4.95. The van der Waals surface area contributed by atoms with Gasteiger partial charge in [-0.15, -0.1) is 0 Å². The molecular formula is C27H29FN4O2. The predicted molar refractivity (Wildman–Crippen MR) is 132 cm³/mol. The van der Waals surface area contributed by atoms with E-state index in [2.05, 4.69) is 20.2 Å². The fraction of sp³-hybridized carbons (Fsp3) is 0.333. The van der Waals surface area contributed by atoms with E-state index >= 15 is 0 Å². The van der Waals surface area contributed by atoms with Crippen LogP contribution < -0.4 is 10.1 Å². The van der Waals surface area contributed by atoms with E-state index < -0.39 is 0 Å². The molecule has 0 spiro atoms. The van der Waals surface area contributed by atoms with Gasteiger partial charge in [0.25, 0.3) is 5.91 Å². The number of aromatic nitrogens is 2. The zero-order chi connectivity index (χ0) is 23.5. The summed E-state index contributed by atoms with van der Waals surface area (Å²) < 4.78 is 18.9. The summed E-state index contributed by atoms with van der Waals surface area (Å²) in [5, 5.41) is 5.01. The zero-order valence-electron chi connectivity index (χ0n) is 19.3. The molecule has 0 unspecified atom stereocenters. The number of pyridine rings is 1. The topological polar surface area (TPSA) is 70.2 Å². The van der Waals surface area contributed by atoms with Gasteiger partial charge in [-0.25, -0.2) is 9.37 Å². The minimum absolute atomic E-state index is 0.182. The minimum Gasteiger partial charge on any atom is -0.496 e. The lowest BCUT2D eigenvalue weighted by molar-refractivity contribution is 0.0946. The number of benzene rings is 2. The Morgan fingerprint density at radius 1 is 1.18 bits per heavy atom. The number of H-pyrrole nitrogens is 1. The number of rotatable bonds is 7. The molecule has 1 amide bonds. The largest absolute Gasteiger partial charge is 0.496 e. The number of hydrogen-bond acceptors (Lipinski definition) is 4. The molecule has 1 saturated heterocycles. The number of fused-ring (bicyclic) bond motifs is 2. The number of nitrogens with zero attached hydrogens (tertiary/aromatic N) is 2. The number of piperidine rings is 1. The number of para-hydroxylation sites is 1. The van der Waals surface area contributed by atoms with Crippen molar-refractivity contribution in [2.24, 2.45) is 0 Å². The Morgan fingerprint density at radius 2 is 2.00 bits per heavy atom. The average molecular weight is 461 g/mol. The molecule has 0 radical (unpaired) electrons. The highest BCUT2D eigenvalue weighted by Crippen LogP contribution is 2.33. The summed E-state index contributed by atoms with van der Waals surface area (Å²) in [7, 11) is 1.60. The van der Waals surface area contributed by atoms with Gasteiger partial charge < -0.3 is 19.9 Å². The summed E-state index contributed by atoms with van der Waals surface area (Å²) in [4.78, 5) is 22.8. The van der Waals surface area contributed by atoms with Crippen molar-refractivity contribution in [1.82, 2.24) is 20.2 Å². The molecule has 34 heavy (non-hydrogen) atoms. The molecule has 1 aliphatic heterocycles. The molecule has 0 saturated carbocycles. The van der Waals surface area contributed by atoms with E-state index in [1.807, 2.05) is 36.5 Å². The third-order valence-corrected chi connectivity index (χ3v) is 6.77. The molecule has 1 aliphatic rings. The predicted octanol–water partition coefficient (Wildman–Crippen LogP) is 4.86. The van der Waals surface area contributed by atoms with Crippen LogP contribution in [0.5, 0.6) is 5.75 Å². The summed E-state index contributed by atoms with van der Waals surface area (Å²) >= 11 is 0. The van der Waals surface area contributed by atoms with E-state index in [-0.39, 0.29) is 11.7 Å². The number of hydrogen-bond donors (Lipinski definition) is 2. The summed E-state index contributed by atoms with van der Waals surface area (Å²) in [5.41, 5.74) is 3.28. The Morgan fingerprint density at radius 3 is 2.82 bits per heavy atom. The van der Waals surface area contributed by atoms with Gasteiger partial charge in [-0.05, 0) is 80.7 Å². The molecule has 4 aromatic rings. The molecule has 0 atom stereocenters. The highest BCUT2D eigenvalue weighted by molar-refractivity contribution is 5.97. The van der Waals surface area contributed by atoms with E-state index in [4.69, 9.17) is 4.74 Å². The Bertz CT molecular complexity index is 1310. The Kier molecular flexibility index (Phi) is 6.45. The van der Waals surface area contributed by atoms with Crippen molar-refractivity contribution in [3.63, 3.8) is 0 Å². The maximum Gasteiger partial charge on any atom is 0.270 e. The molecule has 3 heterocycles. The molecule has 6 nitrogen and oxygen atoms in total. The zero-order valence-corrected chi connectivity index (χ0v) is 19.3. The van der Waals surface area contributed by atoms with E-state index in [1.165, 1.54) is 11.6 Å². The van der Waals surface area contributed by atoms with Gasteiger partial charge >= 0.3 is 0 Å². The van der Waals surface area contributed by atoms with Gasteiger partial charge in [0.2, 0.25) is 0 Å². The normalized spacial score (nSPS) is 15.1. The molecule has 1 fully saturated rings. The van der Waals surface area contributed by atoms with E-state index in [1.54, 1.807) is 19.2 Å². The lowest BCUT2D eigenvalue weighted by Crippen LogP contribution is -2.35. The van der Waals surface area contributed by atoms with Crippen LogP contribution in [0.15, 0.2) is 54.7 Å². The smallest absolute Gasteiger partial charge is 0.270 e. The van der Waals surface area contributed by atoms with Gasteiger partial charge in [0.15, 0.2) is 0 Å². The molecule has 0 bridgehead atoms. The second-order valence-electron chi connectivity index (χ2n) is 8.89. The van der Waals surface area contributed by atoms with Crippen LogP contribution in [0.25, 0.3) is 21.8 Å². The number of amides is 1. The van der Waals surface area contributed by atoms with Crippen LogP contribution in [0.3, 0.4) is 0 Å². The van der Waals surface area contributed by atoms with Crippen molar-refractivity contribution in [2.45, 2.75) is 25.2 Å². The third-order valence-electron chi connectivity index (χ3n) is 6.77. The number of carbonyl (C=O) groups is 1. The Labute approximate surface area is 198 Å². The van der Waals surface area contributed by atoms with Crippen molar-refractivity contribution in [2.75, 3.05) is 33.3 Å². The van der Waals surface area contributed by atoms with Crippen LogP contribution in [0.2, 0.25) is 0 Å². The molecule has 7 heteroatoms. The molecule has 2 N–H and O–H groups in total. The molecule has 2 aromatic carbocycles.